The second kappa shape index (κ2) is 6.58. The molecule has 3 fully saturated rings. The number of rotatable bonds is 3. The maximum absolute atomic E-state index is 12.5. The van der Waals surface area contributed by atoms with Crippen LogP contribution in [0.15, 0.2) is 18.2 Å². The summed E-state index contributed by atoms with van der Waals surface area (Å²) < 4.78 is 10.9. The van der Waals surface area contributed by atoms with Crippen LogP contribution in [0.5, 0.6) is 11.5 Å². The molecule has 9 heteroatoms. The number of fused-ring (bicyclic) bond motifs is 3. The van der Waals surface area contributed by atoms with Crippen LogP contribution in [0.25, 0.3) is 0 Å². The number of hydrogen-bond acceptors (Lipinski definition) is 7. The Balaban J connectivity index is 1.71. The highest BCUT2D eigenvalue weighted by molar-refractivity contribution is 6.00. The molecule has 3 aliphatic heterocycles. The quantitative estimate of drug-likeness (QED) is 0.782. The fourth-order valence-electron chi connectivity index (χ4n) is 4.27. The third kappa shape index (κ3) is 2.78. The van der Waals surface area contributed by atoms with Gasteiger partial charge in [0.15, 0.2) is 0 Å². The Morgan fingerprint density at radius 1 is 1.15 bits per heavy atom. The van der Waals surface area contributed by atoms with Crippen molar-refractivity contribution in [2.75, 3.05) is 39.3 Å². The molecular weight excluding hydrogens is 350 g/mol. The maximum Gasteiger partial charge on any atom is 0.325 e. The van der Waals surface area contributed by atoms with E-state index < -0.39 is 6.04 Å². The number of likely N-dealkylation sites (N-methyl/N-ethyl adjacent to an activating group) is 1. The van der Waals surface area contributed by atoms with Gasteiger partial charge in [-0.2, -0.15) is 0 Å². The molecule has 0 aliphatic carbocycles. The van der Waals surface area contributed by atoms with E-state index in [0.717, 1.165) is 24.5 Å². The fourth-order valence-corrected chi connectivity index (χ4v) is 4.27. The Morgan fingerprint density at radius 2 is 1.93 bits per heavy atom. The normalized spacial score (nSPS) is 30.7. The molecule has 4 unspecified atom stereocenters. The number of carbonyl (C=O) groups excluding carboxylic acids is 2. The molecule has 0 spiro atoms. The van der Waals surface area contributed by atoms with Crippen molar-refractivity contribution in [3.05, 3.63) is 18.2 Å². The first-order valence-electron chi connectivity index (χ1n) is 9.02. The van der Waals surface area contributed by atoms with E-state index >= 15 is 0 Å². The number of imide groups is 1. The van der Waals surface area contributed by atoms with Gasteiger partial charge in [0.05, 0.1) is 19.9 Å². The van der Waals surface area contributed by atoms with E-state index in [-0.39, 0.29) is 24.4 Å². The van der Waals surface area contributed by atoms with Crippen LogP contribution < -0.4 is 25.0 Å². The first kappa shape index (κ1) is 17.9. The van der Waals surface area contributed by atoms with Crippen LogP contribution in [-0.4, -0.2) is 74.6 Å². The Morgan fingerprint density at radius 3 is 2.63 bits per heavy atom. The lowest BCUT2D eigenvalue weighted by Gasteiger charge is -2.45. The average Bonchev–Trinajstić information content (AvgIpc) is 3.05. The van der Waals surface area contributed by atoms with E-state index in [2.05, 4.69) is 27.4 Å². The monoisotopic (exact) mass is 375 g/mol. The number of urea groups is 1. The van der Waals surface area contributed by atoms with Crippen LogP contribution >= 0.6 is 0 Å². The summed E-state index contributed by atoms with van der Waals surface area (Å²) in [5, 5.41) is 5.91. The van der Waals surface area contributed by atoms with Gasteiger partial charge in [-0.3, -0.25) is 20.3 Å². The number of ether oxygens (including phenoxy) is 2. The predicted octanol–water partition coefficient (Wildman–Crippen LogP) is 0.225. The number of hydrogen-bond donors (Lipinski definition) is 2. The highest BCUT2D eigenvalue weighted by atomic mass is 16.5. The van der Waals surface area contributed by atoms with Crippen molar-refractivity contribution in [2.45, 2.75) is 25.4 Å². The van der Waals surface area contributed by atoms with Gasteiger partial charge in [0.25, 0.3) is 0 Å². The SMILES string of the molecule is COc1ccc(N2CC(C)CN3C4C(=O)NC(=O)N(C)C4NC23)c(OC)c1. The Kier molecular flexibility index (Phi) is 4.35. The van der Waals surface area contributed by atoms with E-state index in [1.807, 2.05) is 18.2 Å². The van der Waals surface area contributed by atoms with E-state index in [1.54, 1.807) is 26.2 Å². The van der Waals surface area contributed by atoms with Gasteiger partial charge in [-0.1, -0.05) is 6.92 Å². The highest BCUT2D eigenvalue weighted by Gasteiger charge is 2.54. The smallest absolute Gasteiger partial charge is 0.325 e. The molecule has 4 atom stereocenters. The maximum atomic E-state index is 12.5. The van der Waals surface area contributed by atoms with Crippen LogP contribution in [0.2, 0.25) is 0 Å². The number of benzene rings is 1. The Hall–Kier alpha value is -2.52. The summed E-state index contributed by atoms with van der Waals surface area (Å²) in [6, 6.07) is 4.91. The van der Waals surface area contributed by atoms with Crippen molar-refractivity contribution in [2.24, 2.45) is 5.92 Å². The Bertz CT molecular complexity index is 772. The van der Waals surface area contributed by atoms with Crippen molar-refractivity contribution in [1.29, 1.82) is 0 Å². The van der Waals surface area contributed by atoms with Gasteiger partial charge in [-0.15, -0.1) is 0 Å². The van der Waals surface area contributed by atoms with Gasteiger partial charge in [0, 0.05) is 26.2 Å². The molecule has 3 saturated heterocycles. The summed E-state index contributed by atoms with van der Waals surface area (Å²) in [5.41, 5.74) is 0.917. The van der Waals surface area contributed by atoms with Crippen LogP contribution in [0.4, 0.5) is 10.5 Å². The zero-order chi connectivity index (χ0) is 19.3. The van der Waals surface area contributed by atoms with Crippen LogP contribution in [0.3, 0.4) is 0 Å². The van der Waals surface area contributed by atoms with Gasteiger partial charge in [0.1, 0.15) is 30.0 Å². The predicted molar refractivity (Wildman–Crippen MR) is 98.6 cm³/mol. The number of nitrogens with one attached hydrogen (secondary N) is 2. The largest absolute Gasteiger partial charge is 0.497 e. The van der Waals surface area contributed by atoms with Crippen molar-refractivity contribution in [3.63, 3.8) is 0 Å². The first-order chi connectivity index (χ1) is 12.9. The molecule has 0 radical (unpaired) electrons. The summed E-state index contributed by atoms with van der Waals surface area (Å²) in [7, 11) is 4.95. The summed E-state index contributed by atoms with van der Waals surface area (Å²) in [5.74, 6) is 1.50. The molecule has 3 amide bonds. The number of amides is 3. The van der Waals surface area contributed by atoms with E-state index in [9.17, 15) is 9.59 Å². The third-order valence-electron chi connectivity index (χ3n) is 5.55. The minimum absolute atomic E-state index is 0.211. The number of methoxy groups -OCH3 is 2. The van der Waals surface area contributed by atoms with Crippen molar-refractivity contribution >= 4 is 17.6 Å². The van der Waals surface area contributed by atoms with E-state index in [0.29, 0.717) is 11.7 Å². The van der Waals surface area contributed by atoms with Crippen LogP contribution in [0.1, 0.15) is 6.92 Å². The minimum atomic E-state index is -0.424. The fraction of sp³-hybridized carbons (Fsp3) is 0.556. The summed E-state index contributed by atoms with van der Waals surface area (Å²) >= 11 is 0. The molecule has 9 nitrogen and oxygen atoms in total. The molecule has 1 aromatic carbocycles. The number of nitrogens with zero attached hydrogens (tertiary/aromatic N) is 3. The topological polar surface area (TPSA) is 86.4 Å². The lowest BCUT2D eigenvalue weighted by molar-refractivity contribution is -0.128. The lowest BCUT2D eigenvalue weighted by atomic mass is 10.0. The second-order valence-electron chi connectivity index (χ2n) is 7.33. The Labute approximate surface area is 158 Å². The van der Waals surface area contributed by atoms with Gasteiger partial charge in [-0.05, 0) is 18.1 Å². The molecular formula is C18H25N5O4. The molecule has 27 heavy (non-hydrogen) atoms. The van der Waals surface area contributed by atoms with Crippen molar-refractivity contribution in [1.82, 2.24) is 20.4 Å². The highest BCUT2D eigenvalue weighted by Crippen LogP contribution is 2.38. The average molecular weight is 375 g/mol. The standard InChI is InChI=1S/C18H25N5O4/c1-10-8-22(12-6-5-11(26-3)7-13(12)27-4)17-19-15-14(23(17)9-10)16(24)20-18(25)21(15)2/h5-7,10,14-15,17,19H,8-9H2,1-4H3,(H,20,24,25). The molecule has 2 N–H and O–H groups in total. The molecule has 0 bridgehead atoms. The lowest BCUT2D eigenvalue weighted by Crippen LogP contribution is -2.65. The summed E-state index contributed by atoms with van der Waals surface area (Å²) in [4.78, 5) is 30.4. The molecule has 3 heterocycles. The van der Waals surface area contributed by atoms with Gasteiger partial charge in [-0.25, -0.2) is 4.79 Å². The zero-order valence-corrected chi connectivity index (χ0v) is 15.9. The summed E-state index contributed by atoms with van der Waals surface area (Å²) in [6.45, 7) is 3.72. The number of anilines is 1. The van der Waals surface area contributed by atoms with Crippen LogP contribution in [-0.2, 0) is 4.79 Å². The van der Waals surface area contributed by atoms with Gasteiger partial charge < -0.3 is 19.3 Å². The molecule has 146 valence electrons. The zero-order valence-electron chi connectivity index (χ0n) is 15.9. The van der Waals surface area contributed by atoms with Crippen molar-refractivity contribution < 1.29 is 19.1 Å². The molecule has 1 aromatic rings. The van der Waals surface area contributed by atoms with E-state index in [1.165, 1.54) is 0 Å². The third-order valence-corrected chi connectivity index (χ3v) is 5.55. The van der Waals surface area contributed by atoms with Crippen molar-refractivity contribution in [3.8, 4) is 11.5 Å². The van der Waals surface area contributed by atoms with Gasteiger partial charge >= 0.3 is 6.03 Å². The molecule has 0 saturated carbocycles. The first-order valence-corrected chi connectivity index (χ1v) is 9.02. The molecule has 0 aromatic heterocycles. The minimum Gasteiger partial charge on any atom is -0.497 e. The second-order valence-corrected chi connectivity index (χ2v) is 7.33. The van der Waals surface area contributed by atoms with Crippen LogP contribution in [0, 0.1) is 5.92 Å². The van der Waals surface area contributed by atoms with E-state index in [4.69, 9.17) is 9.47 Å². The summed E-state index contributed by atoms with van der Waals surface area (Å²) in [6.07, 6.45) is -0.578. The van der Waals surface area contributed by atoms with Gasteiger partial charge in [0.2, 0.25) is 5.91 Å². The number of carbonyl (C=O) groups is 2. The molecule has 4 rings (SSSR count). The molecule has 3 aliphatic rings.